The van der Waals surface area contributed by atoms with Gasteiger partial charge in [0.1, 0.15) is 0 Å². The van der Waals surface area contributed by atoms with Gasteiger partial charge in [0.2, 0.25) is 0 Å². The van der Waals surface area contributed by atoms with Crippen LogP contribution in [0.3, 0.4) is 0 Å². The molecule has 6 heteroatoms. The van der Waals surface area contributed by atoms with Crippen LogP contribution in [0.25, 0.3) is 0 Å². The Hall–Kier alpha value is -0.910. The van der Waals surface area contributed by atoms with E-state index in [1.807, 2.05) is 11.8 Å². The number of unbranched alkanes of at least 4 members (excludes halogenated alkanes) is 8. The Kier molecular flexibility index (Phi) is 10.3. The summed E-state index contributed by atoms with van der Waals surface area (Å²) in [4.78, 5) is 23.1. The van der Waals surface area contributed by atoms with Crippen molar-refractivity contribution in [3.05, 3.63) is 0 Å². The van der Waals surface area contributed by atoms with Gasteiger partial charge in [0.15, 0.2) is 0 Å². The van der Waals surface area contributed by atoms with Gasteiger partial charge >= 0.3 is 12.0 Å². The highest BCUT2D eigenvalue weighted by atomic mass is 32.2. The zero-order valence-corrected chi connectivity index (χ0v) is 17.1. The topological polar surface area (TPSA) is 67.4 Å². The van der Waals surface area contributed by atoms with Crippen molar-refractivity contribution in [3.63, 3.8) is 0 Å². The first-order chi connectivity index (χ1) is 12.7. The Morgan fingerprint density at radius 1 is 1.04 bits per heavy atom. The normalized spacial score (nSPS) is 24.2. The van der Waals surface area contributed by atoms with Gasteiger partial charge in [-0.05, 0) is 19.3 Å². The number of esters is 1. The predicted molar refractivity (Wildman–Crippen MR) is 108 cm³/mol. The standard InChI is InChI=1S/C20H36N2O3S/c1-2-3-4-5-6-7-8-11-14-25-18(23)13-10-9-12-17-19-16(15-26-17)21-20(24)22-19/h16-17,19H,2-15H2,1H3,(H2,21,22,24). The maximum atomic E-state index is 11.8. The average Bonchev–Trinajstić information content (AvgIpc) is 3.16. The SMILES string of the molecule is CCCCCCCCCCOC(=O)CCCCC1SCC2NC(=O)NC21. The van der Waals surface area contributed by atoms with Crippen molar-refractivity contribution in [2.24, 2.45) is 0 Å². The van der Waals surface area contributed by atoms with Crippen LogP contribution in [0.15, 0.2) is 0 Å². The average molecular weight is 385 g/mol. The smallest absolute Gasteiger partial charge is 0.315 e. The number of hydrogen-bond donors (Lipinski definition) is 2. The number of thioether (sulfide) groups is 1. The molecule has 3 unspecified atom stereocenters. The summed E-state index contributed by atoms with van der Waals surface area (Å²) in [5.74, 6) is 0.940. The molecule has 3 atom stereocenters. The first-order valence-electron chi connectivity index (χ1n) is 10.5. The van der Waals surface area contributed by atoms with Crippen LogP contribution in [0.5, 0.6) is 0 Å². The van der Waals surface area contributed by atoms with E-state index in [0.29, 0.717) is 18.3 Å². The third-order valence-electron chi connectivity index (χ3n) is 5.32. The fourth-order valence-corrected chi connectivity index (χ4v) is 5.30. The van der Waals surface area contributed by atoms with Crippen LogP contribution in [-0.2, 0) is 9.53 Å². The summed E-state index contributed by atoms with van der Waals surface area (Å²) in [6.45, 7) is 2.82. The highest BCUT2D eigenvalue weighted by Crippen LogP contribution is 2.33. The molecule has 0 radical (unpaired) electrons. The lowest BCUT2D eigenvalue weighted by Crippen LogP contribution is -2.36. The first kappa shape index (κ1) is 21.4. The number of rotatable bonds is 14. The molecule has 0 bridgehead atoms. The molecule has 2 heterocycles. The molecule has 2 fully saturated rings. The van der Waals surface area contributed by atoms with E-state index in [0.717, 1.165) is 31.4 Å². The largest absolute Gasteiger partial charge is 0.466 e. The van der Waals surface area contributed by atoms with Crippen LogP contribution >= 0.6 is 11.8 Å². The van der Waals surface area contributed by atoms with E-state index in [-0.39, 0.29) is 24.1 Å². The maximum absolute atomic E-state index is 11.8. The van der Waals surface area contributed by atoms with Crippen molar-refractivity contribution in [1.29, 1.82) is 0 Å². The summed E-state index contributed by atoms with van der Waals surface area (Å²) in [5.41, 5.74) is 0. The molecule has 2 aliphatic heterocycles. The minimum absolute atomic E-state index is 0.0326. The highest BCUT2D eigenvalue weighted by molar-refractivity contribution is 8.00. The Labute approximate surface area is 162 Å². The van der Waals surface area contributed by atoms with E-state index in [1.54, 1.807) is 0 Å². The Bertz CT molecular complexity index is 433. The molecule has 0 aromatic carbocycles. The molecule has 0 aromatic heterocycles. The molecular weight excluding hydrogens is 348 g/mol. The zero-order valence-electron chi connectivity index (χ0n) is 16.3. The second-order valence-corrected chi connectivity index (χ2v) is 8.84. The minimum Gasteiger partial charge on any atom is -0.466 e. The van der Waals surface area contributed by atoms with Crippen LogP contribution in [0.4, 0.5) is 4.79 Å². The molecule has 2 rings (SSSR count). The van der Waals surface area contributed by atoms with E-state index in [1.165, 1.54) is 44.9 Å². The molecule has 0 spiro atoms. The molecule has 2 saturated heterocycles. The number of carbonyl (C=O) groups is 2. The molecule has 0 aromatic rings. The van der Waals surface area contributed by atoms with Gasteiger partial charge in [-0.1, -0.05) is 58.3 Å². The van der Waals surface area contributed by atoms with E-state index in [9.17, 15) is 9.59 Å². The van der Waals surface area contributed by atoms with Crippen molar-refractivity contribution in [3.8, 4) is 0 Å². The number of fused-ring (bicyclic) bond motifs is 1. The van der Waals surface area contributed by atoms with E-state index < -0.39 is 0 Å². The fraction of sp³-hybridized carbons (Fsp3) is 0.900. The lowest BCUT2D eigenvalue weighted by atomic mass is 10.0. The zero-order chi connectivity index (χ0) is 18.6. The van der Waals surface area contributed by atoms with E-state index >= 15 is 0 Å². The van der Waals surface area contributed by atoms with Crippen LogP contribution in [0.1, 0.15) is 84.0 Å². The van der Waals surface area contributed by atoms with Crippen molar-refractivity contribution < 1.29 is 14.3 Å². The van der Waals surface area contributed by atoms with Crippen LogP contribution < -0.4 is 10.6 Å². The van der Waals surface area contributed by atoms with E-state index in [4.69, 9.17) is 4.74 Å². The number of carbonyl (C=O) groups excluding carboxylic acids is 2. The van der Waals surface area contributed by atoms with Gasteiger partial charge in [-0.3, -0.25) is 4.79 Å². The van der Waals surface area contributed by atoms with Crippen molar-refractivity contribution in [2.75, 3.05) is 12.4 Å². The molecular formula is C20H36N2O3S. The first-order valence-corrected chi connectivity index (χ1v) is 11.6. The lowest BCUT2D eigenvalue weighted by Gasteiger charge is -2.16. The van der Waals surface area contributed by atoms with Gasteiger partial charge in [0.05, 0.1) is 18.7 Å². The van der Waals surface area contributed by atoms with Crippen molar-refractivity contribution in [2.45, 2.75) is 101 Å². The molecule has 0 aliphatic carbocycles. The Balaban J connectivity index is 1.38. The summed E-state index contributed by atoms with van der Waals surface area (Å²) < 4.78 is 5.33. The molecule has 26 heavy (non-hydrogen) atoms. The summed E-state index contributed by atoms with van der Waals surface area (Å²) in [6.07, 6.45) is 13.5. The molecule has 0 saturated carbocycles. The quantitative estimate of drug-likeness (QED) is 0.265. The van der Waals surface area contributed by atoms with Gasteiger partial charge in [0.25, 0.3) is 0 Å². The molecule has 2 aliphatic rings. The summed E-state index contributed by atoms with van der Waals surface area (Å²) in [6, 6.07) is 0.519. The Morgan fingerprint density at radius 2 is 1.77 bits per heavy atom. The lowest BCUT2D eigenvalue weighted by molar-refractivity contribution is -0.143. The maximum Gasteiger partial charge on any atom is 0.315 e. The molecule has 2 amide bonds. The van der Waals surface area contributed by atoms with Gasteiger partial charge < -0.3 is 15.4 Å². The number of ether oxygens (including phenoxy) is 1. The van der Waals surface area contributed by atoms with Crippen LogP contribution in [-0.4, -0.2) is 41.7 Å². The summed E-state index contributed by atoms with van der Waals surface area (Å²) in [7, 11) is 0. The monoisotopic (exact) mass is 384 g/mol. The number of urea groups is 1. The third-order valence-corrected chi connectivity index (χ3v) is 6.83. The van der Waals surface area contributed by atoms with Crippen molar-refractivity contribution >= 4 is 23.8 Å². The van der Waals surface area contributed by atoms with Crippen LogP contribution in [0.2, 0.25) is 0 Å². The number of amides is 2. The van der Waals surface area contributed by atoms with Gasteiger partial charge in [0, 0.05) is 17.4 Å². The van der Waals surface area contributed by atoms with E-state index in [2.05, 4.69) is 17.6 Å². The van der Waals surface area contributed by atoms with Gasteiger partial charge in [-0.2, -0.15) is 11.8 Å². The number of hydrogen-bond acceptors (Lipinski definition) is 4. The molecule has 5 nitrogen and oxygen atoms in total. The van der Waals surface area contributed by atoms with Crippen LogP contribution in [0, 0.1) is 0 Å². The Morgan fingerprint density at radius 3 is 2.54 bits per heavy atom. The predicted octanol–water partition coefficient (Wildman–Crippen LogP) is 4.40. The van der Waals surface area contributed by atoms with Gasteiger partial charge in [-0.15, -0.1) is 0 Å². The van der Waals surface area contributed by atoms with Gasteiger partial charge in [-0.25, -0.2) is 4.79 Å². The minimum atomic E-state index is -0.0549. The molecule has 150 valence electrons. The van der Waals surface area contributed by atoms with Crippen molar-refractivity contribution in [1.82, 2.24) is 10.6 Å². The fourth-order valence-electron chi connectivity index (χ4n) is 3.75. The molecule has 2 N–H and O–H groups in total. The number of nitrogens with one attached hydrogen (secondary N) is 2. The summed E-state index contributed by atoms with van der Waals surface area (Å²) in [5, 5.41) is 6.45. The second kappa shape index (κ2) is 12.5. The highest BCUT2D eigenvalue weighted by Gasteiger charge is 2.42. The second-order valence-electron chi connectivity index (χ2n) is 7.56. The third kappa shape index (κ3) is 7.77. The summed E-state index contributed by atoms with van der Waals surface area (Å²) >= 11 is 1.93.